The number of benzene rings is 1. The molecule has 1 amide bonds. The van der Waals surface area contributed by atoms with Gasteiger partial charge in [0, 0.05) is 32.8 Å². The van der Waals surface area contributed by atoms with E-state index >= 15 is 0 Å². The van der Waals surface area contributed by atoms with E-state index in [2.05, 4.69) is 10.6 Å². The Labute approximate surface area is 135 Å². The molecule has 0 fully saturated rings. The van der Waals surface area contributed by atoms with Gasteiger partial charge in [-0.2, -0.15) is 0 Å². The number of carbonyl (C=O) groups excluding carboxylic acids is 1. The number of ether oxygens (including phenoxy) is 1. The number of nitrogens with zero attached hydrogens (tertiary/aromatic N) is 1. The zero-order valence-electron chi connectivity index (χ0n) is 12.3. The summed E-state index contributed by atoms with van der Waals surface area (Å²) >= 11 is 0. The Kier molecular flexibility index (Phi) is 9.84. The lowest BCUT2D eigenvalue weighted by Gasteiger charge is -2.13. The summed E-state index contributed by atoms with van der Waals surface area (Å²) in [5, 5.41) is 16.4. The van der Waals surface area contributed by atoms with E-state index < -0.39 is 4.92 Å². The predicted octanol–water partition coefficient (Wildman–Crippen LogP) is 0.909. The number of amides is 1. The highest BCUT2D eigenvalue weighted by molar-refractivity contribution is 5.85. The molecule has 1 atom stereocenters. The van der Waals surface area contributed by atoms with Crippen molar-refractivity contribution in [2.45, 2.75) is 12.5 Å². The number of hydrogen-bond donors (Lipinski definition) is 3. The molecule has 0 saturated heterocycles. The van der Waals surface area contributed by atoms with Gasteiger partial charge in [0.15, 0.2) is 0 Å². The smallest absolute Gasteiger partial charge is 0.292 e. The summed E-state index contributed by atoms with van der Waals surface area (Å²) < 4.78 is 5.01. The maximum absolute atomic E-state index is 11.6. The summed E-state index contributed by atoms with van der Waals surface area (Å²) in [4.78, 5) is 21.9. The van der Waals surface area contributed by atoms with Crippen molar-refractivity contribution >= 4 is 29.7 Å². The van der Waals surface area contributed by atoms with Crippen LogP contribution in [0.5, 0.6) is 0 Å². The monoisotopic (exact) mass is 332 g/mol. The van der Waals surface area contributed by atoms with E-state index in [4.69, 9.17) is 10.5 Å². The van der Waals surface area contributed by atoms with Crippen molar-refractivity contribution < 1.29 is 14.5 Å². The lowest BCUT2D eigenvalue weighted by molar-refractivity contribution is -0.384. The van der Waals surface area contributed by atoms with Crippen LogP contribution in [0.1, 0.15) is 6.42 Å². The Bertz CT molecular complexity index is 483. The molecule has 1 unspecified atom stereocenters. The molecule has 1 aromatic carbocycles. The molecule has 8 nitrogen and oxygen atoms in total. The van der Waals surface area contributed by atoms with E-state index in [0.29, 0.717) is 18.8 Å². The van der Waals surface area contributed by atoms with E-state index in [-0.39, 0.29) is 43.1 Å². The van der Waals surface area contributed by atoms with Crippen LogP contribution in [0, 0.1) is 10.1 Å². The van der Waals surface area contributed by atoms with Gasteiger partial charge in [-0.25, -0.2) is 0 Å². The summed E-state index contributed by atoms with van der Waals surface area (Å²) in [5.74, 6) is -0.170. The molecule has 0 heterocycles. The Morgan fingerprint density at radius 2 is 2.09 bits per heavy atom. The van der Waals surface area contributed by atoms with Crippen molar-refractivity contribution in [2.75, 3.05) is 32.1 Å². The van der Waals surface area contributed by atoms with E-state index in [1.165, 1.54) is 13.2 Å². The first-order valence-corrected chi connectivity index (χ1v) is 6.55. The molecule has 9 heteroatoms. The number of nitrogens with two attached hydrogens (primary N) is 1. The minimum Gasteiger partial charge on any atom is -0.380 e. The Balaban J connectivity index is 0.00000441. The number of hydrogen-bond acceptors (Lipinski definition) is 6. The molecule has 1 aromatic rings. The molecule has 0 aliphatic rings. The van der Waals surface area contributed by atoms with Crippen LogP contribution in [-0.2, 0) is 9.53 Å². The Morgan fingerprint density at radius 1 is 1.41 bits per heavy atom. The van der Waals surface area contributed by atoms with Crippen LogP contribution in [0.25, 0.3) is 0 Å². The third-order valence-corrected chi connectivity index (χ3v) is 2.87. The number of rotatable bonds is 9. The van der Waals surface area contributed by atoms with Gasteiger partial charge in [-0.15, -0.1) is 12.4 Å². The van der Waals surface area contributed by atoms with Crippen LogP contribution in [-0.4, -0.2) is 43.7 Å². The average molecular weight is 333 g/mol. The van der Waals surface area contributed by atoms with Crippen molar-refractivity contribution in [1.82, 2.24) is 5.32 Å². The number of nitro groups is 1. The van der Waals surface area contributed by atoms with Crippen LogP contribution in [0.2, 0.25) is 0 Å². The van der Waals surface area contributed by atoms with Crippen LogP contribution < -0.4 is 16.4 Å². The number of para-hydroxylation sites is 2. The summed E-state index contributed by atoms with van der Waals surface area (Å²) in [6, 6.07) is 6.35. The lowest BCUT2D eigenvalue weighted by atomic mass is 10.2. The highest BCUT2D eigenvalue weighted by Gasteiger charge is 2.12. The highest BCUT2D eigenvalue weighted by atomic mass is 35.5. The first-order chi connectivity index (χ1) is 10.1. The third kappa shape index (κ3) is 6.70. The number of methoxy groups -OCH3 is 1. The summed E-state index contributed by atoms with van der Waals surface area (Å²) in [6.07, 6.45) is -0.105. The first kappa shape index (κ1) is 20.1. The zero-order valence-corrected chi connectivity index (χ0v) is 13.1. The second-order valence-electron chi connectivity index (χ2n) is 4.35. The molecular formula is C13H21ClN4O4. The predicted molar refractivity (Wildman–Crippen MR) is 86.3 cm³/mol. The SMILES string of the molecule is COC(CN)CC(=O)NCCNc1ccccc1[N+](=O)[O-].Cl. The molecule has 4 N–H and O–H groups in total. The fourth-order valence-corrected chi connectivity index (χ4v) is 1.72. The molecular weight excluding hydrogens is 312 g/mol. The summed E-state index contributed by atoms with van der Waals surface area (Å²) in [6.45, 7) is 1.02. The van der Waals surface area contributed by atoms with Crippen molar-refractivity contribution in [3.8, 4) is 0 Å². The minimum absolute atomic E-state index is 0. The number of anilines is 1. The molecule has 22 heavy (non-hydrogen) atoms. The van der Waals surface area contributed by atoms with E-state index in [0.717, 1.165) is 0 Å². The maximum Gasteiger partial charge on any atom is 0.292 e. The van der Waals surface area contributed by atoms with Gasteiger partial charge in [-0.1, -0.05) is 12.1 Å². The van der Waals surface area contributed by atoms with Gasteiger partial charge in [0.25, 0.3) is 5.69 Å². The van der Waals surface area contributed by atoms with Gasteiger partial charge < -0.3 is 21.1 Å². The molecule has 0 spiro atoms. The minimum atomic E-state index is -0.453. The van der Waals surface area contributed by atoms with Crippen LogP contribution in [0.4, 0.5) is 11.4 Å². The molecule has 124 valence electrons. The second kappa shape index (κ2) is 10.8. The fourth-order valence-electron chi connectivity index (χ4n) is 1.72. The maximum atomic E-state index is 11.6. The number of carbonyl (C=O) groups is 1. The van der Waals surface area contributed by atoms with Crippen molar-refractivity contribution in [1.29, 1.82) is 0 Å². The lowest BCUT2D eigenvalue weighted by Crippen LogP contribution is -2.34. The van der Waals surface area contributed by atoms with Crippen molar-refractivity contribution in [2.24, 2.45) is 5.73 Å². The van der Waals surface area contributed by atoms with Gasteiger partial charge in [-0.05, 0) is 6.07 Å². The molecule has 0 aliphatic carbocycles. The zero-order chi connectivity index (χ0) is 15.7. The number of nitrogens with one attached hydrogen (secondary N) is 2. The Morgan fingerprint density at radius 3 is 2.68 bits per heavy atom. The summed E-state index contributed by atoms with van der Waals surface area (Å²) in [5.41, 5.74) is 5.86. The van der Waals surface area contributed by atoms with Gasteiger partial charge in [0.1, 0.15) is 5.69 Å². The largest absolute Gasteiger partial charge is 0.380 e. The van der Waals surface area contributed by atoms with Gasteiger partial charge in [0.05, 0.1) is 17.4 Å². The third-order valence-electron chi connectivity index (χ3n) is 2.87. The summed E-state index contributed by atoms with van der Waals surface area (Å²) in [7, 11) is 1.50. The number of nitro benzene ring substituents is 1. The quantitative estimate of drug-likeness (QED) is 0.351. The molecule has 0 aliphatic heterocycles. The average Bonchev–Trinajstić information content (AvgIpc) is 2.49. The first-order valence-electron chi connectivity index (χ1n) is 6.55. The van der Waals surface area contributed by atoms with Crippen LogP contribution >= 0.6 is 12.4 Å². The molecule has 0 aromatic heterocycles. The molecule has 0 radical (unpaired) electrons. The normalized spacial score (nSPS) is 11.2. The van der Waals surface area contributed by atoms with Crippen LogP contribution in [0.15, 0.2) is 24.3 Å². The van der Waals surface area contributed by atoms with E-state index in [9.17, 15) is 14.9 Å². The van der Waals surface area contributed by atoms with Gasteiger partial charge in [-0.3, -0.25) is 14.9 Å². The fraction of sp³-hybridized carbons (Fsp3) is 0.462. The molecule has 0 saturated carbocycles. The highest BCUT2D eigenvalue weighted by Crippen LogP contribution is 2.22. The van der Waals surface area contributed by atoms with Crippen molar-refractivity contribution in [3.63, 3.8) is 0 Å². The topological polar surface area (TPSA) is 120 Å². The number of halogens is 1. The van der Waals surface area contributed by atoms with E-state index in [1.807, 2.05) is 0 Å². The van der Waals surface area contributed by atoms with E-state index in [1.54, 1.807) is 18.2 Å². The standard InChI is InChI=1S/C13H20N4O4.ClH/c1-21-10(9-14)8-13(18)16-7-6-15-11-4-2-3-5-12(11)17(19)20;/h2-5,10,15H,6-9,14H2,1H3,(H,16,18);1H. The molecule has 1 rings (SSSR count). The van der Waals surface area contributed by atoms with Gasteiger partial charge >= 0.3 is 0 Å². The second-order valence-corrected chi connectivity index (χ2v) is 4.35. The Hall–Kier alpha value is -1.90. The van der Waals surface area contributed by atoms with Gasteiger partial charge in [0.2, 0.25) is 5.91 Å². The van der Waals surface area contributed by atoms with Crippen LogP contribution in [0.3, 0.4) is 0 Å². The molecule has 0 bridgehead atoms. The van der Waals surface area contributed by atoms with Crippen molar-refractivity contribution in [3.05, 3.63) is 34.4 Å².